The number of carbonyl (C=O) groups is 1. The Morgan fingerprint density at radius 2 is 1.81 bits per heavy atom. The number of nitrogens with zero attached hydrogens (tertiary/aromatic N) is 1. The first-order chi connectivity index (χ1) is 10.0. The zero-order valence-electron chi connectivity index (χ0n) is 12.1. The van der Waals surface area contributed by atoms with E-state index in [4.69, 9.17) is 39.5 Å². The molecule has 1 rings (SSSR count). The quantitative estimate of drug-likeness (QED) is 0.396. The highest BCUT2D eigenvalue weighted by Crippen LogP contribution is 2.37. The third-order valence-electron chi connectivity index (χ3n) is 2.79. The summed E-state index contributed by atoms with van der Waals surface area (Å²) in [6.07, 6.45) is 3.68. The van der Waals surface area contributed by atoms with Crippen molar-refractivity contribution in [1.29, 1.82) is 0 Å². The zero-order chi connectivity index (χ0) is 15.8. The number of rotatable bonds is 8. The Labute approximate surface area is 140 Å². The second-order valence-corrected chi connectivity index (χ2v) is 5.64. The second-order valence-electron chi connectivity index (χ2n) is 4.52. The van der Waals surface area contributed by atoms with Crippen LogP contribution in [0.2, 0.25) is 15.2 Å². The molecule has 1 heterocycles. The number of hydrogen-bond donors (Lipinski definition) is 1. The smallest absolute Gasteiger partial charge is 0.358 e. The van der Waals surface area contributed by atoms with Crippen LogP contribution in [0, 0.1) is 0 Å². The fourth-order valence-electron chi connectivity index (χ4n) is 1.57. The number of pyridine rings is 1. The van der Waals surface area contributed by atoms with Crippen molar-refractivity contribution in [3.05, 3.63) is 20.9 Å². The number of esters is 1. The Kier molecular flexibility index (Phi) is 8.15. The zero-order valence-corrected chi connectivity index (χ0v) is 14.4. The minimum Gasteiger partial charge on any atom is -0.461 e. The average molecular weight is 354 g/mol. The number of carbonyl (C=O) groups excluding carboxylic acids is 1. The van der Waals surface area contributed by atoms with Crippen molar-refractivity contribution < 1.29 is 9.53 Å². The van der Waals surface area contributed by atoms with Crippen LogP contribution in [-0.2, 0) is 4.74 Å². The molecule has 0 atom stereocenters. The fourth-order valence-corrected chi connectivity index (χ4v) is 2.28. The second kappa shape index (κ2) is 9.34. The number of anilines is 1. The van der Waals surface area contributed by atoms with Gasteiger partial charge in [-0.05, 0) is 12.8 Å². The molecule has 0 saturated carbocycles. The van der Waals surface area contributed by atoms with E-state index in [-0.39, 0.29) is 20.9 Å². The summed E-state index contributed by atoms with van der Waals surface area (Å²) in [5.41, 5.74) is 0.412. The van der Waals surface area contributed by atoms with E-state index in [1.807, 2.05) is 6.92 Å². The van der Waals surface area contributed by atoms with Crippen molar-refractivity contribution in [1.82, 2.24) is 4.98 Å². The van der Waals surface area contributed by atoms with Gasteiger partial charge in [-0.15, -0.1) is 0 Å². The van der Waals surface area contributed by atoms with Gasteiger partial charge in [0.1, 0.15) is 5.02 Å². The van der Waals surface area contributed by atoms with Gasteiger partial charge in [0.2, 0.25) is 0 Å². The lowest BCUT2D eigenvalue weighted by Crippen LogP contribution is -2.12. The van der Waals surface area contributed by atoms with Gasteiger partial charge in [-0.3, -0.25) is 0 Å². The molecule has 1 aromatic heterocycles. The van der Waals surface area contributed by atoms with Crippen LogP contribution in [0.25, 0.3) is 0 Å². The maximum atomic E-state index is 12.0. The average Bonchev–Trinajstić information content (AvgIpc) is 2.46. The molecule has 0 aliphatic carbocycles. The van der Waals surface area contributed by atoms with Crippen molar-refractivity contribution in [3.63, 3.8) is 0 Å². The minimum atomic E-state index is -0.592. The molecule has 0 radical (unpaired) electrons. The summed E-state index contributed by atoms with van der Waals surface area (Å²) in [5, 5.41) is 3.47. The van der Waals surface area contributed by atoms with E-state index in [1.54, 1.807) is 0 Å². The van der Waals surface area contributed by atoms with Gasteiger partial charge in [0.25, 0.3) is 0 Å². The van der Waals surface area contributed by atoms with Crippen molar-refractivity contribution in [2.45, 2.75) is 39.5 Å². The van der Waals surface area contributed by atoms with Crippen molar-refractivity contribution in [2.24, 2.45) is 0 Å². The topological polar surface area (TPSA) is 51.2 Å². The van der Waals surface area contributed by atoms with Gasteiger partial charge >= 0.3 is 5.97 Å². The minimum absolute atomic E-state index is 0.0128. The molecule has 4 nitrogen and oxygen atoms in total. The molecule has 0 fully saturated rings. The first-order valence-electron chi connectivity index (χ1n) is 6.98. The molecule has 0 bridgehead atoms. The number of hydrogen-bond acceptors (Lipinski definition) is 4. The maximum Gasteiger partial charge on any atom is 0.358 e. The standard InChI is InChI=1S/C14H19Cl3N2O2/c1-3-5-7-18-11-9(15)12(19-13(17)10(11)16)14(20)21-8-6-4-2/h3-8H2,1-2H3,(H,18,19). The third kappa shape index (κ3) is 5.20. The van der Waals surface area contributed by atoms with E-state index in [9.17, 15) is 4.79 Å². The molecule has 0 aromatic carbocycles. The number of nitrogens with one attached hydrogen (secondary N) is 1. The van der Waals surface area contributed by atoms with Crippen LogP contribution in [0.4, 0.5) is 5.69 Å². The summed E-state index contributed by atoms with van der Waals surface area (Å²) >= 11 is 18.3. The molecule has 0 aliphatic rings. The summed E-state index contributed by atoms with van der Waals surface area (Å²) in [6, 6.07) is 0. The lowest BCUT2D eigenvalue weighted by Gasteiger charge is -2.13. The summed E-state index contributed by atoms with van der Waals surface area (Å²) < 4.78 is 5.11. The lowest BCUT2D eigenvalue weighted by molar-refractivity contribution is 0.0493. The molecule has 21 heavy (non-hydrogen) atoms. The van der Waals surface area contributed by atoms with Crippen molar-refractivity contribution >= 4 is 46.5 Å². The Morgan fingerprint density at radius 1 is 1.14 bits per heavy atom. The number of unbranched alkanes of at least 4 members (excludes halogenated alkanes) is 2. The van der Waals surface area contributed by atoms with E-state index in [0.717, 1.165) is 25.7 Å². The Morgan fingerprint density at radius 3 is 2.43 bits per heavy atom. The number of halogens is 3. The van der Waals surface area contributed by atoms with Crippen LogP contribution < -0.4 is 5.32 Å². The van der Waals surface area contributed by atoms with Crippen LogP contribution in [0.1, 0.15) is 50.0 Å². The van der Waals surface area contributed by atoms with Gasteiger partial charge in [0.05, 0.1) is 17.3 Å². The molecule has 0 saturated heterocycles. The Balaban J connectivity index is 2.96. The van der Waals surface area contributed by atoms with Gasteiger partial charge in [0, 0.05) is 6.54 Å². The number of ether oxygens (including phenoxy) is 1. The van der Waals surface area contributed by atoms with E-state index in [1.165, 1.54) is 0 Å². The van der Waals surface area contributed by atoms with Gasteiger partial charge in [-0.1, -0.05) is 61.5 Å². The molecular weight excluding hydrogens is 335 g/mol. The Hall–Kier alpha value is -0.710. The van der Waals surface area contributed by atoms with Gasteiger partial charge < -0.3 is 10.1 Å². The lowest BCUT2D eigenvalue weighted by atomic mass is 10.3. The first-order valence-corrected chi connectivity index (χ1v) is 8.11. The molecular formula is C14H19Cl3N2O2. The molecule has 0 amide bonds. The summed E-state index contributed by atoms with van der Waals surface area (Å²) in [5.74, 6) is -0.592. The predicted molar refractivity (Wildman–Crippen MR) is 87.9 cm³/mol. The van der Waals surface area contributed by atoms with Crippen LogP contribution >= 0.6 is 34.8 Å². The molecule has 0 spiro atoms. The largest absolute Gasteiger partial charge is 0.461 e. The van der Waals surface area contributed by atoms with E-state index in [2.05, 4.69) is 17.2 Å². The van der Waals surface area contributed by atoms with Crippen LogP contribution in [0.5, 0.6) is 0 Å². The van der Waals surface area contributed by atoms with Gasteiger partial charge in [0.15, 0.2) is 10.8 Å². The molecule has 7 heteroatoms. The highest BCUT2D eigenvalue weighted by atomic mass is 35.5. The molecule has 1 N–H and O–H groups in total. The van der Waals surface area contributed by atoms with E-state index < -0.39 is 5.97 Å². The molecule has 0 unspecified atom stereocenters. The monoisotopic (exact) mass is 352 g/mol. The van der Waals surface area contributed by atoms with Crippen molar-refractivity contribution in [2.75, 3.05) is 18.5 Å². The van der Waals surface area contributed by atoms with Gasteiger partial charge in [-0.2, -0.15) is 0 Å². The SMILES string of the molecule is CCCCNc1c(Cl)c(Cl)nc(C(=O)OCCCC)c1Cl. The summed E-state index contributed by atoms with van der Waals surface area (Å²) in [4.78, 5) is 15.9. The highest BCUT2D eigenvalue weighted by Gasteiger charge is 2.22. The third-order valence-corrected chi connectivity index (χ3v) is 3.90. The number of aromatic nitrogens is 1. The van der Waals surface area contributed by atoms with E-state index >= 15 is 0 Å². The Bertz CT molecular complexity index is 496. The first kappa shape index (κ1) is 18.3. The fraction of sp³-hybridized carbons (Fsp3) is 0.571. The summed E-state index contributed by atoms with van der Waals surface area (Å²) in [7, 11) is 0. The predicted octanol–water partition coefficient (Wildman–Crippen LogP) is 5.21. The van der Waals surface area contributed by atoms with Crippen LogP contribution in [0.3, 0.4) is 0 Å². The molecule has 1 aromatic rings. The van der Waals surface area contributed by atoms with Crippen molar-refractivity contribution in [3.8, 4) is 0 Å². The molecule has 0 aliphatic heterocycles. The van der Waals surface area contributed by atoms with Gasteiger partial charge in [-0.25, -0.2) is 9.78 Å². The maximum absolute atomic E-state index is 12.0. The summed E-state index contributed by atoms with van der Waals surface area (Å²) in [6.45, 7) is 5.09. The normalized spacial score (nSPS) is 10.5. The highest BCUT2D eigenvalue weighted by molar-refractivity contribution is 6.46. The van der Waals surface area contributed by atoms with Crippen LogP contribution in [-0.4, -0.2) is 24.1 Å². The van der Waals surface area contributed by atoms with E-state index in [0.29, 0.717) is 18.8 Å². The van der Waals surface area contributed by atoms with Crippen LogP contribution in [0.15, 0.2) is 0 Å². The molecule has 118 valence electrons.